The lowest BCUT2D eigenvalue weighted by Gasteiger charge is -2.19. The van der Waals surface area contributed by atoms with Gasteiger partial charge in [0.2, 0.25) is 5.71 Å². The number of ether oxygens (including phenoxy) is 1. The monoisotopic (exact) mass is 345 g/mol. The molecule has 0 radical (unpaired) electrons. The van der Waals surface area contributed by atoms with Crippen LogP contribution in [0.1, 0.15) is 31.1 Å². The molecule has 0 aliphatic carbocycles. The van der Waals surface area contributed by atoms with Crippen molar-refractivity contribution in [2.45, 2.75) is 26.4 Å². The SMILES string of the molecule is CC(C)(C)OC(=O)c1cnc2oc(I)cc2c1. The number of carbonyl (C=O) groups is 1. The molecule has 4 nitrogen and oxygen atoms in total. The Morgan fingerprint density at radius 2 is 2.12 bits per heavy atom. The first-order valence-electron chi connectivity index (χ1n) is 5.13. The fourth-order valence-corrected chi connectivity index (χ4v) is 1.89. The van der Waals surface area contributed by atoms with Crippen molar-refractivity contribution in [3.05, 3.63) is 27.7 Å². The van der Waals surface area contributed by atoms with Crippen LogP contribution in [0.5, 0.6) is 0 Å². The van der Waals surface area contributed by atoms with Crippen molar-refractivity contribution in [3.63, 3.8) is 0 Å². The summed E-state index contributed by atoms with van der Waals surface area (Å²) >= 11 is 2.06. The van der Waals surface area contributed by atoms with Gasteiger partial charge in [0.05, 0.1) is 5.56 Å². The Labute approximate surface area is 112 Å². The molecule has 2 heterocycles. The maximum atomic E-state index is 11.8. The van der Waals surface area contributed by atoms with Crippen LogP contribution in [-0.4, -0.2) is 16.6 Å². The number of halogens is 1. The summed E-state index contributed by atoms with van der Waals surface area (Å²) in [5.74, 6) is -0.372. The molecule has 0 amide bonds. The van der Waals surface area contributed by atoms with Gasteiger partial charge in [0.25, 0.3) is 0 Å². The van der Waals surface area contributed by atoms with Gasteiger partial charge in [-0.15, -0.1) is 0 Å². The van der Waals surface area contributed by atoms with E-state index in [2.05, 4.69) is 27.6 Å². The summed E-state index contributed by atoms with van der Waals surface area (Å²) in [5.41, 5.74) is 0.461. The third-order valence-electron chi connectivity index (χ3n) is 1.98. The van der Waals surface area contributed by atoms with Crippen LogP contribution in [0.15, 0.2) is 22.7 Å². The molecule has 0 saturated carbocycles. The second kappa shape index (κ2) is 4.29. The van der Waals surface area contributed by atoms with Crippen molar-refractivity contribution >= 4 is 39.7 Å². The van der Waals surface area contributed by atoms with Gasteiger partial charge in [-0.3, -0.25) is 0 Å². The highest BCUT2D eigenvalue weighted by molar-refractivity contribution is 14.1. The predicted molar refractivity (Wildman–Crippen MR) is 71.9 cm³/mol. The Bertz CT molecular complexity index is 569. The summed E-state index contributed by atoms with van der Waals surface area (Å²) in [6.45, 7) is 5.49. The average Bonchev–Trinajstić information content (AvgIpc) is 2.53. The molecule has 0 saturated heterocycles. The number of nitrogens with zero attached hydrogens (tertiary/aromatic N) is 1. The highest BCUT2D eigenvalue weighted by atomic mass is 127. The van der Waals surface area contributed by atoms with E-state index >= 15 is 0 Å². The van der Waals surface area contributed by atoms with E-state index in [-0.39, 0.29) is 5.97 Å². The van der Waals surface area contributed by atoms with Crippen LogP contribution in [0, 0.1) is 3.77 Å². The Morgan fingerprint density at radius 1 is 1.41 bits per heavy atom. The number of rotatable bonds is 1. The van der Waals surface area contributed by atoms with E-state index in [1.54, 1.807) is 6.07 Å². The molecule has 0 unspecified atom stereocenters. The van der Waals surface area contributed by atoms with E-state index in [1.807, 2.05) is 26.8 Å². The van der Waals surface area contributed by atoms with Gasteiger partial charge in [0, 0.05) is 11.6 Å². The van der Waals surface area contributed by atoms with Gasteiger partial charge in [0.15, 0.2) is 3.77 Å². The van der Waals surface area contributed by atoms with Crippen LogP contribution < -0.4 is 0 Å². The lowest BCUT2D eigenvalue weighted by Crippen LogP contribution is -2.23. The smallest absolute Gasteiger partial charge is 0.340 e. The highest BCUT2D eigenvalue weighted by Gasteiger charge is 2.18. The van der Waals surface area contributed by atoms with Crippen molar-refractivity contribution in [2.24, 2.45) is 0 Å². The Balaban J connectivity index is 2.33. The molecule has 0 aromatic carbocycles. The summed E-state index contributed by atoms with van der Waals surface area (Å²) in [6.07, 6.45) is 1.47. The molecule has 90 valence electrons. The number of furan rings is 1. The van der Waals surface area contributed by atoms with Gasteiger partial charge in [-0.2, -0.15) is 0 Å². The van der Waals surface area contributed by atoms with Crippen LogP contribution in [0.3, 0.4) is 0 Å². The lowest BCUT2D eigenvalue weighted by atomic mass is 10.2. The van der Waals surface area contributed by atoms with Crippen LogP contribution in [-0.2, 0) is 4.74 Å². The highest BCUT2D eigenvalue weighted by Crippen LogP contribution is 2.20. The Morgan fingerprint density at radius 3 is 2.76 bits per heavy atom. The minimum atomic E-state index is -0.503. The van der Waals surface area contributed by atoms with E-state index in [9.17, 15) is 4.79 Å². The summed E-state index contributed by atoms with van der Waals surface area (Å²) in [5, 5.41) is 0.803. The number of fused-ring (bicyclic) bond motifs is 1. The first-order valence-corrected chi connectivity index (χ1v) is 6.21. The number of carbonyl (C=O) groups excluding carboxylic acids is 1. The molecule has 0 N–H and O–H groups in total. The van der Waals surface area contributed by atoms with Crippen LogP contribution >= 0.6 is 22.6 Å². The normalized spacial score (nSPS) is 11.8. The zero-order valence-corrected chi connectivity index (χ0v) is 11.9. The largest absolute Gasteiger partial charge is 0.456 e. The minimum absolute atomic E-state index is 0.372. The fourth-order valence-electron chi connectivity index (χ4n) is 1.35. The van der Waals surface area contributed by atoms with E-state index in [4.69, 9.17) is 9.15 Å². The van der Waals surface area contributed by atoms with E-state index in [0.717, 1.165) is 9.15 Å². The second-order valence-corrected chi connectivity index (χ2v) is 5.73. The number of aromatic nitrogens is 1. The first kappa shape index (κ1) is 12.3. The zero-order valence-electron chi connectivity index (χ0n) is 9.78. The quantitative estimate of drug-likeness (QED) is 0.587. The molecule has 17 heavy (non-hydrogen) atoms. The maximum Gasteiger partial charge on any atom is 0.340 e. The van der Waals surface area contributed by atoms with Crippen molar-refractivity contribution in [1.29, 1.82) is 0 Å². The number of esters is 1. The van der Waals surface area contributed by atoms with Gasteiger partial charge in [0.1, 0.15) is 5.60 Å². The standard InChI is InChI=1S/C12H12INO3/c1-12(2,3)17-11(15)8-4-7-5-9(13)16-10(7)14-6-8/h4-6H,1-3H3. The van der Waals surface area contributed by atoms with E-state index < -0.39 is 5.60 Å². The van der Waals surface area contributed by atoms with Gasteiger partial charge in [-0.05, 0) is 55.5 Å². The van der Waals surface area contributed by atoms with Crippen LogP contribution in [0.4, 0.5) is 0 Å². The summed E-state index contributed by atoms with van der Waals surface area (Å²) in [7, 11) is 0. The van der Waals surface area contributed by atoms with Crippen molar-refractivity contribution in [2.75, 3.05) is 0 Å². The maximum absolute atomic E-state index is 11.8. The predicted octanol–water partition coefficient (Wildman–Crippen LogP) is 3.39. The van der Waals surface area contributed by atoms with Crippen LogP contribution in [0.2, 0.25) is 0 Å². The molecule has 0 fully saturated rings. The Hall–Kier alpha value is -1.11. The van der Waals surface area contributed by atoms with Crippen molar-refractivity contribution in [1.82, 2.24) is 4.98 Å². The second-order valence-electron chi connectivity index (χ2n) is 4.67. The van der Waals surface area contributed by atoms with Crippen LogP contribution in [0.25, 0.3) is 11.1 Å². The Kier molecular flexibility index (Phi) is 3.11. The molecule has 0 bridgehead atoms. The lowest BCUT2D eigenvalue weighted by molar-refractivity contribution is 0.00693. The molecule has 0 aliphatic rings. The molecule has 5 heteroatoms. The van der Waals surface area contributed by atoms with E-state index in [0.29, 0.717) is 11.3 Å². The van der Waals surface area contributed by atoms with Gasteiger partial charge >= 0.3 is 5.97 Å². The van der Waals surface area contributed by atoms with Crippen molar-refractivity contribution in [3.8, 4) is 0 Å². The molecular formula is C12H12INO3. The molecule has 0 atom stereocenters. The molecule has 0 spiro atoms. The topological polar surface area (TPSA) is 52.3 Å². The third-order valence-corrected chi connectivity index (χ3v) is 2.51. The fraction of sp³-hybridized carbons (Fsp3) is 0.333. The summed E-state index contributed by atoms with van der Waals surface area (Å²) in [4.78, 5) is 15.9. The van der Waals surface area contributed by atoms with Crippen molar-refractivity contribution < 1.29 is 13.9 Å². The van der Waals surface area contributed by atoms with E-state index in [1.165, 1.54) is 6.20 Å². The number of hydrogen-bond acceptors (Lipinski definition) is 4. The number of pyridine rings is 1. The summed E-state index contributed by atoms with van der Waals surface area (Å²) in [6, 6.07) is 3.55. The molecule has 2 rings (SSSR count). The number of hydrogen-bond donors (Lipinski definition) is 0. The van der Waals surface area contributed by atoms with Gasteiger partial charge in [-0.25, -0.2) is 9.78 Å². The summed E-state index contributed by atoms with van der Waals surface area (Å²) < 4.78 is 11.3. The van der Waals surface area contributed by atoms with Gasteiger partial charge < -0.3 is 9.15 Å². The van der Waals surface area contributed by atoms with Gasteiger partial charge in [-0.1, -0.05) is 0 Å². The third kappa shape index (κ3) is 2.96. The molecular weight excluding hydrogens is 333 g/mol. The zero-order chi connectivity index (χ0) is 12.6. The average molecular weight is 345 g/mol. The molecule has 2 aromatic rings. The minimum Gasteiger partial charge on any atom is -0.456 e. The first-order chi connectivity index (χ1) is 7.85. The molecule has 2 aromatic heterocycles. The molecule has 0 aliphatic heterocycles.